The molecule has 2 aromatic carbocycles. The lowest BCUT2D eigenvalue weighted by molar-refractivity contribution is -0.125. The van der Waals surface area contributed by atoms with Crippen molar-refractivity contribution in [1.82, 2.24) is 15.8 Å². The highest BCUT2D eigenvalue weighted by Crippen LogP contribution is 2.44. The van der Waals surface area contributed by atoms with E-state index in [4.69, 9.17) is 9.47 Å². The Morgan fingerprint density at radius 1 is 0.914 bits per heavy atom. The van der Waals surface area contributed by atoms with Crippen LogP contribution in [0, 0.1) is 0 Å². The topological polar surface area (TPSA) is 97.0 Å². The van der Waals surface area contributed by atoms with Crippen LogP contribution in [0.25, 0.3) is 11.1 Å². The standard InChI is InChI=1S/C27H35N3O5/c1-27(2,3)35-26(33)30(4)29-24(31)16-6-5-11-17-28-25(32)34-18-23-21-14-9-7-12-19(21)20-13-8-10-15-22(20)23/h7-10,12-15,23H,5-6,11,16-18H2,1-4H3,(H,28,32)(H,29,31). The summed E-state index contributed by atoms with van der Waals surface area (Å²) in [6.45, 7) is 6.03. The monoisotopic (exact) mass is 481 g/mol. The Balaban J connectivity index is 1.31. The molecule has 0 fully saturated rings. The Hall–Kier alpha value is -3.55. The number of hydrogen-bond donors (Lipinski definition) is 2. The van der Waals surface area contributed by atoms with Gasteiger partial charge in [-0.1, -0.05) is 55.0 Å². The maximum atomic E-state index is 12.2. The van der Waals surface area contributed by atoms with Crippen LogP contribution < -0.4 is 10.7 Å². The third-order valence-corrected chi connectivity index (χ3v) is 5.65. The van der Waals surface area contributed by atoms with Crippen molar-refractivity contribution in [3.8, 4) is 11.1 Å². The summed E-state index contributed by atoms with van der Waals surface area (Å²) < 4.78 is 10.7. The summed E-state index contributed by atoms with van der Waals surface area (Å²) in [7, 11) is 1.45. The number of fused-ring (bicyclic) bond motifs is 3. The lowest BCUT2D eigenvalue weighted by Crippen LogP contribution is -2.45. The lowest BCUT2D eigenvalue weighted by atomic mass is 9.98. The van der Waals surface area contributed by atoms with Crippen LogP contribution in [0.3, 0.4) is 0 Å². The van der Waals surface area contributed by atoms with E-state index in [2.05, 4.69) is 35.0 Å². The molecule has 1 aliphatic carbocycles. The fourth-order valence-electron chi connectivity index (χ4n) is 4.05. The van der Waals surface area contributed by atoms with Crippen molar-refractivity contribution in [3.05, 3.63) is 59.7 Å². The molecule has 0 spiro atoms. The Morgan fingerprint density at radius 3 is 2.11 bits per heavy atom. The molecule has 0 aliphatic heterocycles. The van der Waals surface area contributed by atoms with Crippen molar-refractivity contribution in [2.24, 2.45) is 0 Å². The van der Waals surface area contributed by atoms with Gasteiger partial charge < -0.3 is 14.8 Å². The van der Waals surface area contributed by atoms with E-state index >= 15 is 0 Å². The van der Waals surface area contributed by atoms with E-state index in [1.807, 2.05) is 24.3 Å². The molecule has 35 heavy (non-hydrogen) atoms. The second-order valence-electron chi connectivity index (χ2n) is 9.64. The molecule has 1 aliphatic rings. The summed E-state index contributed by atoms with van der Waals surface area (Å²) in [6.07, 6.45) is 1.34. The summed E-state index contributed by atoms with van der Waals surface area (Å²) >= 11 is 0. The van der Waals surface area contributed by atoms with E-state index in [9.17, 15) is 14.4 Å². The summed E-state index contributed by atoms with van der Waals surface area (Å²) in [4.78, 5) is 36.1. The number of carbonyl (C=O) groups is 3. The van der Waals surface area contributed by atoms with Gasteiger partial charge >= 0.3 is 12.2 Å². The first kappa shape index (κ1) is 26.1. The molecular formula is C27H35N3O5. The van der Waals surface area contributed by atoms with Crippen LogP contribution in [-0.4, -0.2) is 48.9 Å². The maximum Gasteiger partial charge on any atom is 0.428 e. The average molecular weight is 482 g/mol. The van der Waals surface area contributed by atoms with Gasteiger partial charge in [0, 0.05) is 25.9 Å². The number of alkyl carbamates (subject to hydrolysis) is 1. The maximum absolute atomic E-state index is 12.2. The Bertz CT molecular complexity index is 1000. The predicted octanol–water partition coefficient (Wildman–Crippen LogP) is 4.98. The Labute approximate surface area is 206 Å². The number of rotatable bonds is 8. The van der Waals surface area contributed by atoms with E-state index in [-0.39, 0.29) is 24.9 Å². The van der Waals surface area contributed by atoms with Crippen LogP contribution in [0.4, 0.5) is 9.59 Å². The Morgan fingerprint density at radius 2 is 1.51 bits per heavy atom. The molecule has 0 atom stereocenters. The Kier molecular flexibility index (Phi) is 8.73. The molecule has 2 aromatic rings. The predicted molar refractivity (Wildman–Crippen MR) is 134 cm³/mol. The smallest absolute Gasteiger partial charge is 0.428 e. The molecule has 0 unspecified atom stereocenters. The SMILES string of the molecule is CN(NC(=O)CCCCCNC(=O)OCC1c2ccccc2-c2ccccc21)C(=O)OC(C)(C)C. The van der Waals surface area contributed by atoms with Gasteiger partial charge in [-0.3, -0.25) is 10.2 Å². The van der Waals surface area contributed by atoms with Crippen molar-refractivity contribution >= 4 is 18.1 Å². The number of amides is 3. The fourth-order valence-corrected chi connectivity index (χ4v) is 4.05. The highest BCUT2D eigenvalue weighted by Gasteiger charge is 2.29. The van der Waals surface area contributed by atoms with Crippen LogP contribution in [0.2, 0.25) is 0 Å². The van der Waals surface area contributed by atoms with E-state index in [1.165, 1.54) is 29.3 Å². The number of nitrogens with one attached hydrogen (secondary N) is 2. The molecule has 0 saturated carbocycles. The van der Waals surface area contributed by atoms with Crippen LogP contribution >= 0.6 is 0 Å². The molecule has 0 saturated heterocycles. The van der Waals surface area contributed by atoms with Crippen molar-refractivity contribution in [2.75, 3.05) is 20.2 Å². The number of ether oxygens (including phenoxy) is 2. The van der Waals surface area contributed by atoms with Crippen molar-refractivity contribution in [3.63, 3.8) is 0 Å². The second kappa shape index (κ2) is 11.7. The number of nitrogens with zero attached hydrogens (tertiary/aromatic N) is 1. The molecular weight excluding hydrogens is 446 g/mol. The zero-order valence-electron chi connectivity index (χ0n) is 20.9. The minimum atomic E-state index is -0.629. The average Bonchev–Trinajstić information content (AvgIpc) is 3.12. The van der Waals surface area contributed by atoms with Crippen molar-refractivity contribution in [1.29, 1.82) is 0 Å². The first-order chi connectivity index (χ1) is 16.7. The third kappa shape index (κ3) is 7.47. The quantitative estimate of drug-likeness (QED) is 0.409. The molecule has 0 bridgehead atoms. The zero-order valence-corrected chi connectivity index (χ0v) is 20.9. The van der Waals surface area contributed by atoms with Gasteiger partial charge in [-0.2, -0.15) is 0 Å². The number of hydrazine groups is 1. The zero-order chi connectivity index (χ0) is 25.4. The molecule has 3 amide bonds. The third-order valence-electron chi connectivity index (χ3n) is 5.65. The highest BCUT2D eigenvalue weighted by atomic mass is 16.6. The van der Waals surface area contributed by atoms with Gasteiger partial charge in [-0.05, 0) is 55.9 Å². The van der Waals surface area contributed by atoms with Gasteiger partial charge in [0.05, 0.1) is 0 Å². The molecule has 8 heteroatoms. The molecule has 8 nitrogen and oxygen atoms in total. The van der Waals surface area contributed by atoms with E-state index in [0.29, 0.717) is 13.0 Å². The lowest BCUT2D eigenvalue weighted by Gasteiger charge is -2.24. The number of hydrogen-bond acceptors (Lipinski definition) is 5. The van der Waals surface area contributed by atoms with E-state index in [0.717, 1.165) is 17.9 Å². The normalized spacial score (nSPS) is 12.3. The van der Waals surface area contributed by atoms with Crippen LogP contribution in [-0.2, 0) is 14.3 Å². The molecule has 0 heterocycles. The van der Waals surface area contributed by atoms with Gasteiger partial charge in [0.1, 0.15) is 12.2 Å². The van der Waals surface area contributed by atoms with Gasteiger partial charge in [0.15, 0.2) is 0 Å². The van der Waals surface area contributed by atoms with Gasteiger partial charge in [-0.25, -0.2) is 14.6 Å². The van der Waals surface area contributed by atoms with Gasteiger partial charge in [0.2, 0.25) is 5.91 Å². The number of benzene rings is 2. The highest BCUT2D eigenvalue weighted by molar-refractivity contribution is 5.79. The summed E-state index contributed by atoms with van der Waals surface area (Å²) in [6, 6.07) is 16.4. The summed E-state index contributed by atoms with van der Waals surface area (Å²) in [5, 5.41) is 3.83. The van der Waals surface area contributed by atoms with Crippen LogP contribution in [0.5, 0.6) is 0 Å². The van der Waals surface area contributed by atoms with Crippen molar-refractivity contribution in [2.45, 2.75) is 58.0 Å². The minimum absolute atomic E-state index is 0.0328. The summed E-state index contributed by atoms with van der Waals surface area (Å²) in [5.41, 5.74) is 6.61. The first-order valence-corrected chi connectivity index (χ1v) is 12.0. The molecule has 188 valence electrons. The first-order valence-electron chi connectivity index (χ1n) is 12.0. The van der Waals surface area contributed by atoms with E-state index < -0.39 is 17.8 Å². The van der Waals surface area contributed by atoms with Gasteiger partial charge in [-0.15, -0.1) is 0 Å². The largest absolute Gasteiger partial charge is 0.449 e. The fraction of sp³-hybridized carbons (Fsp3) is 0.444. The van der Waals surface area contributed by atoms with Gasteiger partial charge in [0.25, 0.3) is 0 Å². The van der Waals surface area contributed by atoms with E-state index in [1.54, 1.807) is 20.8 Å². The molecule has 3 rings (SSSR count). The van der Waals surface area contributed by atoms with Crippen molar-refractivity contribution < 1.29 is 23.9 Å². The second-order valence-corrected chi connectivity index (χ2v) is 9.64. The number of unbranched alkanes of at least 4 members (excludes halogenated alkanes) is 2. The molecule has 0 radical (unpaired) electrons. The molecule has 2 N–H and O–H groups in total. The minimum Gasteiger partial charge on any atom is -0.449 e. The van der Waals surface area contributed by atoms with Crippen LogP contribution in [0.15, 0.2) is 48.5 Å². The molecule has 0 aromatic heterocycles. The number of carbonyl (C=O) groups excluding carboxylic acids is 3. The van der Waals surface area contributed by atoms with Crippen LogP contribution in [0.1, 0.15) is 63.5 Å². The summed E-state index contributed by atoms with van der Waals surface area (Å²) in [5.74, 6) is -0.228.